The zero-order valence-electron chi connectivity index (χ0n) is 14.7. The lowest BCUT2D eigenvalue weighted by molar-refractivity contribution is -0.141. The van der Waals surface area contributed by atoms with E-state index in [1.807, 2.05) is 6.07 Å². The molecule has 1 aromatic heterocycles. The largest absolute Gasteiger partial charge is 0.433 e. The summed E-state index contributed by atoms with van der Waals surface area (Å²) in [7, 11) is 0. The van der Waals surface area contributed by atoms with Crippen LogP contribution in [0.1, 0.15) is 42.5 Å². The van der Waals surface area contributed by atoms with E-state index in [0.717, 1.165) is 32.1 Å². The van der Waals surface area contributed by atoms with Crippen LogP contribution >= 0.6 is 0 Å². The van der Waals surface area contributed by atoms with Crippen molar-refractivity contribution in [3.05, 3.63) is 51.4 Å². The van der Waals surface area contributed by atoms with Crippen LogP contribution in [0.4, 0.5) is 13.2 Å². The zero-order chi connectivity index (χ0) is 18.7. The molecule has 1 N–H and O–H groups in total. The number of alkyl halides is 3. The molecule has 0 unspecified atom stereocenters. The fraction of sp³-hybridized carbons (Fsp3) is 0.474. The van der Waals surface area contributed by atoms with Gasteiger partial charge in [0.15, 0.2) is 5.69 Å². The number of halogens is 3. The number of likely N-dealkylation sites (tertiary alicyclic amines) is 1. The van der Waals surface area contributed by atoms with E-state index in [1.54, 1.807) is 18.2 Å². The summed E-state index contributed by atoms with van der Waals surface area (Å²) in [4.78, 5) is 20.4. The van der Waals surface area contributed by atoms with Gasteiger partial charge < -0.3 is 4.98 Å². The van der Waals surface area contributed by atoms with Crippen LogP contribution in [-0.2, 0) is 12.7 Å². The third-order valence-corrected chi connectivity index (χ3v) is 4.73. The van der Waals surface area contributed by atoms with Gasteiger partial charge >= 0.3 is 6.18 Å². The highest BCUT2D eigenvalue weighted by Gasteiger charge is 2.36. The highest BCUT2D eigenvalue weighted by Crippen LogP contribution is 2.30. The summed E-state index contributed by atoms with van der Waals surface area (Å²) in [6, 6.07) is 7.21. The summed E-state index contributed by atoms with van der Waals surface area (Å²) in [6.45, 7) is 3.94. The number of rotatable bonds is 3. The average molecular weight is 365 g/mol. The summed E-state index contributed by atoms with van der Waals surface area (Å²) in [5, 5.41) is 0. The van der Waals surface area contributed by atoms with E-state index in [4.69, 9.17) is 0 Å². The first-order valence-corrected chi connectivity index (χ1v) is 8.84. The number of nitrogens with zero attached hydrogens (tertiary/aromatic N) is 2. The minimum Gasteiger partial charge on any atom is -0.306 e. The Bertz CT molecular complexity index is 822. The Morgan fingerprint density at radius 1 is 1.15 bits per heavy atom. The van der Waals surface area contributed by atoms with Crippen LogP contribution < -0.4 is 5.56 Å². The van der Waals surface area contributed by atoms with E-state index in [9.17, 15) is 18.0 Å². The number of aromatic nitrogens is 2. The van der Waals surface area contributed by atoms with Crippen molar-refractivity contribution in [1.29, 1.82) is 0 Å². The van der Waals surface area contributed by atoms with Crippen LogP contribution in [0, 0.1) is 6.92 Å². The summed E-state index contributed by atoms with van der Waals surface area (Å²) >= 11 is 0. The van der Waals surface area contributed by atoms with Crippen LogP contribution in [0.5, 0.6) is 0 Å². The first-order chi connectivity index (χ1) is 12.3. The third kappa shape index (κ3) is 4.33. The monoisotopic (exact) mass is 365 g/mol. The average Bonchev–Trinajstić information content (AvgIpc) is 2.85. The lowest BCUT2D eigenvalue weighted by Crippen LogP contribution is -2.24. The van der Waals surface area contributed by atoms with Crippen molar-refractivity contribution in [3.63, 3.8) is 0 Å². The predicted octanol–water partition coefficient (Wildman–Crippen LogP) is 4.14. The van der Waals surface area contributed by atoms with Crippen molar-refractivity contribution in [1.82, 2.24) is 14.9 Å². The molecule has 0 amide bonds. The van der Waals surface area contributed by atoms with Crippen LogP contribution in [-0.4, -0.2) is 28.0 Å². The Balaban J connectivity index is 1.90. The van der Waals surface area contributed by atoms with Crippen LogP contribution in [0.25, 0.3) is 11.4 Å². The van der Waals surface area contributed by atoms with Gasteiger partial charge in [-0.1, -0.05) is 31.0 Å². The number of benzene rings is 1. The minimum atomic E-state index is -4.66. The van der Waals surface area contributed by atoms with Gasteiger partial charge in [0.05, 0.1) is 0 Å². The predicted molar refractivity (Wildman–Crippen MR) is 93.8 cm³/mol. The van der Waals surface area contributed by atoms with Crippen molar-refractivity contribution in [3.8, 4) is 11.4 Å². The molecule has 2 aromatic rings. The molecule has 0 saturated carbocycles. The normalized spacial score (nSPS) is 16.5. The van der Waals surface area contributed by atoms with E-state index < -0.39 is 23.0 Å². The Labute approximate surface area is 150 Å². The molecule has 0 radical (unpaired) electrons. The molecule has 0 aliphatic carbocycles. The molecular weight excluding hydrogens is 343 g/mol. The van der Waals surface area contributed by atoms with Gasteiger partial charge in [0.2, 0.25) is 0 Å². The lowest BCUT2D eigenvalue weighted by Gasteiger charge is -2.20. The van der Waals surface area contributed by atoms with Gasteiger partial charge in [0.25, 0.3) is 5.56 Å². The van der Waals surface area contributed by atoms with E-state index in [-0.39, 0.29) is 5.82 Å². The summed E-state index contributed by atoms with van der Waals surface area (Å²) in [6.07, 6.45) is 0.163. The van der Waals surface area contributed by atoms with E-state index >= 15 is 0 Å². The number of aromatic amines is 1. The van der Waals surface area contributed by atoms with E-state index in [0.29, 0.717) is 5.56 Å². The molecule has 4 nitrogen and oxygen atoms in total. The Hall–Kier alpha value is -2.15. The van der Waals surface area contributed by atoms with Gasteiger partial charge in [0, 0.05) is 17.7 Å². The molecule has 3 rings (SSSR count). The first kappa shape index (κ1) is 18.6. The van der Waals surface area contributed by atoms with E-state index in [2.05, 4.69) is 14.9 Å². The lowest BCUT2D eigenvalue weighted by atomic mass is 10.1. The van der Waals surface area contributed by atoms with Crippen LogP contribution in [0.3, 0.4) is 0 Å². The van der Waals surface area contributed by atoms with Crippen molar-refractivity contribution in [2.45, 2.75) is 45.3 Å². The van der Waals surface area contributed by atoms with Gasteiger partial charge in [-0.2, -0.15) is 13.2 Å². The Morgan fingerprint density at radius 3 is 2.50 bits per heavy atom. The number of hydrogen-bond donors (Lipinski definition) is 1. The topological polar surface area (TPSA) is 49.0 Å². The van der Waals surface area contributed by atoms with Crippen molar-refractivity contribution in [2.24, 2.45) is 0 Å². The summed E-state index contributed by atoms with van der Waals surface area (Å²) in [5.74, 6) is -0.0503. The van der Waals surface area contributed by atoms with Gasteiger partial charge in [-0.05, 0) is 44.5 Å². The Kier molecular flexibility index (Phi) is 5.46. The second-order valence-electron chi connectivity index (χ2n) is 6.78. The summed E-state index contributed by atoms with van der Waals surface area (Å²) in [5.41, 5.74) is -0.822. The first-order valence-electron chi connectivity index (χ1n) is 8.84. The minimum absolute atomic E-state index is 0.0503. The van der Waals surface area contributed by atoms with Gasteiger partial charge in [-0.25, -0.2) is 4.98 Å². The highest BCUT2D eigenvalue weighted by atomic mass is 19.4. The maximum atomic E-state index is 13.1. The molecule has 0 atom stereocenters. The van der Waals surface area contributed by atoms with Crippen molar-refractivity contribution < 1.29 is 13.2 Å². The van der Waals surface area contributed by atoms with E-state index in [1.165, 1.54) is 25.7 Å². The quantitative estimate of drug-likeness (QED) is 0.889. The third-order valence-electron chi connectivity index (χ3n) is 4.73. The number of hydrogen-bond acceptors (Lipinski definition) is 3. The second kappa shape index (κ2) is 7.61. The molecule has 140 valence electrons. The van der Waals surface area contributed by atoms with Crippen LogP contribution in [0.15, 0.2) is 29.1 Å². The standard InChI is InChI=1S/C19H22F3N3O/c1-13-16(19(20,21)22)23-17(24-18(13)26)15-8-6-7-14(11-15)12-25-9-4-2-3-5-10-25/h6-8,11H,2-5,9-10,12H2,1H3,(H,23,24,26). The molecule has 1 fully saturated rings. The molecule has 0 bridgehead atoms. The Morgan fingerprint density at radius 2 is 1.85 bits per heavy atom. The molecule has 1 aliphatic heterocycles. The molecule has 1 aromatic carbocycles. The molecular formula is C19H22F3N3O. The zero-order valence-corrected chi connectivity index (χ0v) is 14.7. The fourth-order valence-corrected chi connectivity index (χ4v) is 3.31. The second-order valence-corrected chi connectivity index (χ2v) is 6.78. The van der Waals surface area contributed by atoms with Gasteiger partial charge in [0.1, 0.15) is 5.82 Å². The smallest absolute Gasteiger partial charge is 0.306 e. The fourth-order valence-electron chi connectivity index (χ4n) is 3.31. The maximum Gasteiger partial charge on any atom is 0.433 e. The van der Waals surface area contributed by atoms with Crippen molar-refractivity contribution >= 4 is 0 Å². The molecule has 0 spiro atoms. The van der Waals surface area contributed by atoms with Gasteiger partial charge in [-0.15, -0.1) is 0 Å². The molecule has 26 heavy (non-hydrogen) atoms. The van der Waals surface area contributed by atoms with Crippen LogP contribution in [0.2, 0.25) is 0 Å². The highest BCUT2D eigenvalue weighted by molar-refractivity contribution is 5.56. The SMILES string of the molecule is Cc1c(C(F)(F)F)nc(-c2cccc(CN3CCCCCC3)c2)[nH]c1=O. The number of H-pyrrole nitrogens is 1. The van der Waals surface area contributed by atoms with Gasteiger partial charge in [-0.3, -0.25) is 9.69 Å². The maximum absolute atomic E-state index is 13.1. The molecule has 1 saturated heterocycles. The van der Waals surface area contributed by atoms with Crippen molar-refractivity contribution in [2.75, 3.05) is 13.1 Å². The molecule has 1 aliphatic rings. The summed E-state index contributed by atoms with van der Waals surface area (Å²) < 4.78 is 39.4. The molecule has 7 heteroatoms. The molecule has 2 heterocycles. The number of nitrogens with one attached hydrogen (secondary N) is 1.